The zero-order valence-corrected chi connectivity index (χ0v) is 12.1. The molecule has 1 fully saturated rings. The van der Waals surface area contributed by atoms with E-state index < -0.39 is 0 Å². The molecule has 21 heavy (non-hydrogen) atoms. The number of nitrogens with two attached hydrogens (primary N) is 1. The molecule has 0 aliphatic carbocycles. The van der Waals surface area contributed by atoms with Gasteiger partial charge in [-0.15, -0.1) is 0 Å². The number of benzene rings is 2. The molecule has 0 saturated carbocycles. The molecule has 2 aromatic carbocycles. The smallest absolute Gasteiger partial charge is 0.115 e. The van der Waals surface area contributed by atoms with Crippen molar-refractivity contribution >= 4 is 11.4 Å². The van der Waals surface area contributed by atoms with Gasteiger partial charge in [0.05, 0.1) is 0 Å². The lowest BCUT2D eigenvalue weighted by Crippen LogP contribution is -2.45. The van der Waals surface area contributed by atoms with E-state index in [1.807, 2.05) is 30.3 Å². The summed E-state index contributed by atoms with van der Waals surface area (Å²) >= 11 is 0. The largest absolute Gasteiger partial charge is 0.508 e. The summed E-state index contributed by atoms with van der Waals surface area (Å²) in [6, 6.07) is 15.6. The van der Waals surface area contributed by atoms with Crippen LogP contribution in [0.4, 0.5) is 11.4 Å². The molecule has 0 aromatic heterocycles. The number of anilines is 2. The minimum atomic E-state index is 0.324. The molecule has 0 atom stereocenters. The predicted octanol–water partition coefficient (Wildman–Crippen LogP) is 2.30. The molecule has 3 rings (SSSR count). The number of aromatic hydroxyl groups is 1. The molecule has 1 aliphatic heterocycles. The normalized spacial score (nSPS) is 16.1. The lowest BCUT2D eigenvalue weighted by molar-refractivity contribution is 0.250. The van der Waals surface area contributed by atoms with E-state index in [4.69, 9.17) is 5.73 Å². The van der Waals surface area contributed by atoms with Crippen LogP contribution in [-0.2, 0) is 6.54 Å². The van der Waals surface area contributed by atoms with Gasteiger partial charge < -0.3 is 15.7 Å². The molecule has 3 N–H and O–H groups in total. The second kappa shape index (κ2) is 6.06. The highest BCUT2D eigenvalue weighted by molar-refractivity contribution is 5.56. The van der Waals surface area contributed by atoms with Gasteiger partial charge in [-0.05, 0) is 35.9 Å². The molecule has 0 radical (unpaired) electrons. The lowest BCUT2D eigenvalue weighted by Gasteiger charge is -2.36. The van der Waals surface area contributed by atoms with Crippen LogP contribution in [0.25, 0.3) is 0 Å². The van der Waals surface area contributed by atoms with E-state index in [2.05, 4.69) is 15.9 Å². The predicted molar refractivity (Wildman–Crippen MR) is 86.5 cm³/mol. The van der Waals surface area contributed by atoms with Crippen molar-refractivity contribution in [3.63, 3.8) is 0 Å². The summed E-state index contributed by atoms with van der Waals surface area (Å²) in [5.74, 6) is 0.324. The first-order valence-corrected chi connectivity index (χ1v) is 7.31. The summed E-state index contributed by atoms with van der Waals surface area (Å²) in [4.78, 5) is 4.82. The molecular weight excluding hydrogens is 262 g/mol. The van der Waals surface area contributed by atoms with E-state index in [-0.39, 0.29) is 0 Å². The zero-order valence-electron chi connectivity index (χ0n) is 12.1. The van der Waals surface area contributed by atoms with Gasteiger partial charge in [-0.25, -0.2) is 0 Å². The van der Waals surface area contributed by atoms with E-state index in [9.17, 15) is 5.11 Å². The molecule has 1 saturated heterocycles. The van der Waals surface area contributed by atoms with Crippen LogP contribution < -0.4 is 10.6 Å². The second-order valence-corrected chi connectivity index (χ2v) is 5.52. The van der Waals surface area contributed by atoms with Gasteiger partial charge in [0.1, 0.15) is 5.75 Å². The fraction of sp³-hybridized carbons (Fsp3) is 0.294. The Labute approximate surface area is 125 Å². The maximum atomic E-state index is 9.32. The Bertz CT molecular complexity index is 589. The number of nitrogen functional groups attached to an aromatic ring is 1. The third-order valence-corrected chi connectivity index (χ3v) is 3.95. The molecule has 110 valence electrons. The minimum Gasteiger partial charge on any atom is -0.508 e. The molecule has 0 amide bonds. The monoisotopic (exact) mass is 283 g/mol. The number of rotatable bonds is 3. The van der Waals surface area contributed by atoms with Crippen LogP contribution in [0.15, 0.2) is 48.5 Å². The topological polar surface area (TPSA) is 52.7 Å². The Hall–Kier alpha value is -2.20. The minimum absolute atomic E-state index is 0.324. The Morgan fingerprint density at radius 2 is 1.67 bits per heavy atom. The fourth-order valence-corrected chi connectivity index (χ4v) is 2.75. The van der Waals surface area contributed by atoms with Crippen molar-refractivity contribution < 1.29 is 5.11 Å². The van der Waals surface area contributed by atoms with Crippen molar-refractivity contribution in [1.29, 1.82) is 0 Å². The fourth-order valence-electron chi connectivity index (χ4n) is 2.75. The van der Waals surface area contributed by atoms with Crippen molar-refractivity contribution in [1.82, 2.24) is 4.90 Å². The highest BCUT2D eigenvalue weighted by Crippen LogP contribution is 2.20. The number of hydrogen-bond donors (Lipinski definition) is 2. The summed E-state index contributed by atoms with van der Waals surface area (Å²) in [5, 5.41) is 9.32. The number of phenols is 1. The van der Waals surface area contributed by atoms with Crippen LogP contribution in [0.1, 0.15) is 5.56 Å². The summed E-state index contributed by atoms with van der Waals surface area (Å²) in [7, 11) is 0. The standard InChI is InChI=1S/C17H21N3O/c18-15-2-1-3-16(12-15)20-10-8-19(9-11-20)13-14-4-6-17(21)7-5-14/h1-7,12,21H,8-11,13,18H2. The maximum Gasteiger partial charge on any atom is 0.115 e. The molecule has 4 heteroatoms. The van der Waals surface area contributed by atoms with E-state index in [0.717, 1.165) is 38.4 Å². The van der Waals surface area contributed by atoms with Gasteiger partial charge in [0, 0.05) is 44.1 Å². The lowest BCUT2D eigenvalue weighted by atomic mass is 10.2. The summed E-state index contributed by atoms with van der Waals surface area (Å²) in [6.45, 7) is 5.04. The average molecular weight is 283 g/mol. The summed E-state index contributed by atoms with van der Waals surface area (Å²) < 4.78 is 0. The Morgan fingerprint density at radius 1 is 0.952 bits per heavy atom. The molecule has 1 aliphatic rings. The van der Waals surface area contributed by atoms with Crippen molar-refractivity contribution in [2.45, 2.75) is 6.54 Å². The Kier molecular flexibility index (Phi) is 3.97. The van der Waals surface area contributed by atoms with Gasteiger partial charge in [0.2, 0.25) is 0 Å². The molecule has 0 unspecified atom stereocenters. The molecule has 1 heterocycles. The molecular formula is C17H21N3O. The summed E-state index contributed by atoms with van der Waals surface area (Å²) in [6.07, 6.45) is 0. The van der Waals surface area contributed by atoms with Crippen LogP contribution in [0.5, 0.6) is 5.75 Å². The van der Waals surface area contributed by atoms with Gasteiger partial charge in [-0.3, -0.25) is 4.90 Å². The number of hydrogen-bond acceptors (Lipinski definition) is 4. The van der Waals surface area contributed by atoms with Gasteiger partial charge in [-0.2, -0.15) is 0 Å². The first-order valence-electron chi connectivity index (χ1n) is 7.31. The second-order valence-electron chi connectivity index (χ2n) is 5.52. The Balaban J connectivity index is 1.56. The SMILES string of the molecule is Nc1cccc(N2CCN(Cc3ccc(O)cc3)CC2)c1. The van der Waals surface area contributed by atoms with E-state index in [0.29, 0.717) is 5.75 Å². The van der Waals surface area contributed by atoms with Crippen LogP contribution >= 0.6 is 0 Å². The molecule has 0 bridgehead atoms. The highest BCUT2D eigenvalue weighted by atomic mass is 16.3. The van der Waals surface area contributed by atoms with Crippen LogP contribution in [0.3, 0.4) is 0 Å². The third kappa shape index (κ3) is 3.47. The number of phenolic OH excluding ortho intramolecular Hbond substituents is 1. The molecule has 2 aromatic rings. The Morgan fingerprint density at radius 3 is 2.33 bits per heavy atom. The highest BCUT2D eigenvalue weighted by Gasteiger charge is 2.17. The van der Waals surface area contributed by atoms with Crippen LogP contribution in [0, 0.1) is 0 Å². The van der Waals surface area contributed by atoms with Gasteiger partial charge >= 0.3 is 0 Å². The number of piperazine rings is 1. The van der Waals surface area contributed by atoms with E-state index in [1.165, 1.54) is 11.3 Å². The third-order valence-electron chi connectivity index (χ3n) is 3.95. The zero-order chi connectivity index (χ0) is 14.7. The van der Waals surface area contributed by atoms with Gasteiger partial charge in [0.25, 0.3) is 0 Å². The summed E-state index contributed by atoms with van der Waals surface area (Å²) in [5.41, 5.74) is 9.12. The first kappa shape index (κ1) is 13.8. The van der Waals surface area contributed by atoms with E-state index in [1.54, 1.807) is 12.1 Å². The van der Waals surface area contributed by atoms with Crippen LogP contribution in [0.2, 0.25) is 0 Å². The van der Waals surface area contributed by atoms with E-state index >= 15 is 0 Å². The molecule has 4 nitrogen and oxygen atoms in total. The first-order chi connectivity index (χ1) is 10.2. The van der Waals surface area contributed by atoms with Crippen LogP contribution in [-0.4, -0.2) is 36.2 Å². The van der Waals surface area contributed by atoms with Crippen molar-refractivity contribution in [2.24, 2.45) is 0 Å². The van der Waals surface area contributed by atoms with Crippen molar-refractivity contribution in [3.05, 3.63) is 54.1 Å². The quantitative estimate of drug-likeness (QED) is 0.849. The van der Waals surface area contributed by atoms with Crippen molar-refractivity contribution in [2.75, 3.05) is 36.8 Å². The maximum absolute atomic E-state index is 9.32. The van der Waals surface area contributed by atoms with Gasteiger partial charge in [0.15, 0.2) is 0 Å². The average Bonchev–Trinajstić information content (AvgIpc) is 2.50. The molecule has 0 spiro atoms. The number of nitrogens with zero attached hydrogens (tertiary/aromatic N) is 2. The van der Waals surface area contributed by atoms with Crippen molar-refractivity contribution in [3.8, 4) is 5.75 Å². The van der Waals surface area contributed by atoms with Gasteiger partial charge in [-0.1, -0.05) is 18.2 Å².